The molecule has 0 aliphatic heterocycles. The molecule has 0 bridgehead atoms. The fourth-order valence-electron chi connectivity index (χ4n) is 1.47. The van der Waals surface area contributed by atoms with E-state index in [1.807, 2.05) is 18.2 Å². The highest BCUT2D eigenvalue weighted by Gasteiger charge is 2.11. The second-order valence-electron chi connectivity index (χ2n) is 3.63. The van der Waals surface area contributed by atoms with Gasteiger partial charge in [-0.2, -0.15) is 11.8 Å². The van der Waals surface area contributed by atoms with Crippen molar-refractivity contribution in [3.8, 4) is 0 Å². The molecule has 88 valence electrons. The minimum atomic E-state index is -0.368. The van der Waals surface area contributed by atoms with Gasteiger partial charge < -0.3 is 4.90 Å². The van der Waals surface area contributed by atoms with E-state index in [1.54, 1.807) is 17.8 Å². The molecule has 0 aliphatic carbocycles. The third kappa shape index (κ3) is 3.23. The van der Waals surface area contributed by atoms with E-state index in [2.05, 4.69) is 0 Å². The van der Waals surface area contributed by atoms with Gasteiger partial charge in [0.2, 0.25) is 0 Å². The zero-order valence-corrected chi connectivity index (χ0v) is 10.6. The highest BCUT2D eigenvalue weighted by molar-refractivity contribution is 7.98. The molecule has 0 aromatic heterocycles. The molecule has 4 heteroatoms. The summed E-state index contributed by atoms with van der Waals surface area (Å²) in [5, 5.41) is 0. The molecular weight excluding hydrogens is 225 g/mol. The zero-order valence-electron chi connectivity index (χ0n) is 9.79. The van der Waals surface area contributed by atoms with Crippen LogP contribution in [-0.2, 0) is 0 Å². The summed E-state index contributed by atoms with van der Waals surface area (Å²) in [6, 6.07) is 4.34. The van der Waals surface area contributed by atoms with Crippen molar-refractivity contribution in [1.82, 2.24) is 0 Å². The van der Waals surface area contributed by atoms with Crippen molar-refractivity contribution < 1.29 is 9.18 Å². The lowest BCUT2D eigenvalue weighted by Gasteiger charge is -2.21. The zero-order chi connectivity index (χ0) is 12.1. The van der Waals surface area contributed by atoms with Crippen molar-refractivity contribution in [2.75, 3.05) is 30.5 Å². The van der Waals surface area contributed by atoms with Gasteiger partial charge >= 0.3 is 0 Å². The van der Waals surface area contributed by atoms with Crippen LogP contribution in [0.25, 0.3) is 0 Å². The van der Waals surface area contributed by atoms with Gasteiger partial charge in [0.05, 0.1) is 0 Å². The molecule has 0 saturated heterocycles. The molecule has 0 atom stereocenters. The second kappa shape index (κ2) is 5.89. The van der Waals surface area contributed by atoms with Crippen LogP contribution in [0.2, 0.25) is 0 Å². The number of rotatable bonds is 5. The number of hydrogen-bond acceptors (Lipinski definition) is 3. The summed E-state index contributed by atoms with van der Waals surface area (Å²) in [4.78, 5) is 13.4. The molecule has 0 aliphatic rings. The average molecular weight is 241 g/mol. The van der Waals surface area contributed by atoms with E-state index in [0.717, 1.165) is 18.0 Å². The summed E-state index contributed by atoms with van der Waals surface area (Å²) in [5.41, 5.74) is 1.24. The number of anilines is 1. The van der Waals surface area contributed by atoms with Crippen LogP contribution in [-0.4, -0.2) is 31.4 Å². The number of ketones is 1. The Morgan fingerprint density at radius 2 is 2.19 bits per heavy atom. The average Bonchev–Trinajstić information content (AvgIpc) is 2.25. The molecule has 2 nitrogen and oxygen atoms in total. The predicted octanol–water partition coefficient (Wildman–Crippen LogP) is 2.83. The highest BCUT2D eigenvalue weighted by Crippen LogP contribution is 2.21. The van der Waals surface area contributed by atoms with Crippen molar-refractivity contribution in [3.63, 3.8) is 0 Å². The Kier molecular flexibility index (Phi) is 4.80. The van der Waals surface area contributed by atoms with Crippen LogP contribution >= 0.6 is 11.8 Å². The fourth-order valence-corrected chi connectivity index (χ4v) is 1.93. The van der Waals surface area contributed by atoms with E-state index < -0.39 is 0 Å². The minimum Gasteiger partial charge on any atom is -0.373 e. The third-order valence-corrected chi connectivity index (χ3v) is 2.97. The van der Waals surface area contributed by atoms with Crippen molar-refractivity contribution in [2.45, 2.75) is 6.92 Å². The molecule has 1 aromatic carbocycles. The molecule has 16 heavy (non-hydrogen) atoms. The first-order valence-electron chi connectivity index (χ1n) is 5.07. The monoisotopic (exact) mass is 241 g/mol. The van der Waals surface area contributed by atoms with Gasteiger partial charge in [0.25, 0.3) is 0 Å². The number of Topliss-reactive ketones (excluding diaryl/α,β-unsaturated/α-hetero) is 1. The van der Waals surface area contributed by atoms with E-state index in [0.29, 0.717) is 5.56 Å². The van der Waals surface area contributed by atoms with Gasteiger partial charge in [0.15, 0.2) is 5.78 Å². The fraction of sp³-hybridized carbons (Fsp3) is 0.417. The maximum Gasteiger partial charge on any atom is 0.161 e. The number of benzene rings is 1. The van der Waals surface area contributed by atoms with Gasteiger partial charge in [-0.05, 0) is 31.4 Å². The Bertz CT molecular complexity index is 381. The van der Waals surface area contributed by atoms with Crippen LogP contribution in [0.4, 0.5) is 10.1 Å². The Balaban J connectivity index is 2.98. The molecular formula is C12H16FNOS. The summed E-state index contributed by atoms with van der Waals surface area (Å²) in [7, 11) is 1.91. The third-order valence-electron chi connectivity index (χ3n) is 2.38. The van der Waals surface area contributed by atoms with Crippen molar-refractivity contribution in [2.24, 2.45) is 0 Å². The van der Waals surface area contributed by atoms with Crippen LogP contribution in [0.5, 0.6) is 0 Å². The predicted molar refractivity (Wildman–Crippen MR) is 68.1 cm³/mol. The smallest absolute Gasteiger partial charge is 0.161 e. The van der Waals surface area contributed by atoms with Crippen LogP contribution in [0.15, 0.2) is 18.2 Å². The maximum absolute atomic E-state index is 13.0. The Morgan fingerprint density at radius 1 is 1.50 bits per heavy atom. The van der Waals surface area contributed by atoms with Crippen molar-refractivity contribution >= 4 is 23.2 Å². The second-order valence-corrected chi connectivity index (χ2v) is 4.62. The van der Waals surface area contributed by atoms with Gasteiger partial charge in [0.1, 0.15) is 5.82 Å². The molecule has 0 saturated carbocycles. The summed E-state index contributed by atoms with van der Waals surface area (Å²) < 4.78 is 13.0. The number of hydrogen-bond donors (Lipinski definition) is 0. The SMILES string of the molecule is CSCCN(C)c1ccc(F)cc1C(C)=O. The topological polar surface area (TPSA) is 20.3 Å². The lowest BCUT2D eigenvalue weighted by atomic mass is 10.1. The van der Waals surface area contributed by atoms with E-state index in [-0.39, 0.29) is 11.6 Å². The largest absolute Gasteiger partial charge is 0.373 e. The highest BCUT2D eigenvalue weighted by atomic mass is 32.2. The van der Waals surface area contributed by atoms with Gasteiger partial charge in [-0.1, -0.05) is 0 Å². The normalized spacial score (nSPS) is 10.2. The molecule has 0 fully saturated rings. The first-order chi connectivity index (χ1) is 7.56. The molecule has 0 spiro atoms. The van der Waals surface area contributed by atoms with E-state index in [9.17, 15) is 9.18 Å². The quantitative estimate of drug-likeness (QED) is 0.739. The number of thioether (sulfide) groups is 1. The molecule has 0 unspecified atom stereocenters. The maximum atomic E-state index is 13.0. The Hall–Kier alpha value is -1.03. The molecule has 0 N–H and O–H groups in total. The summed E-state index contributed by atoms with van der Waals surface area (Å²) in [6.07, 6.45) is 2.03. The van der Waals surface area contributed by atoms with Crippen LogP contribution in [0, 0.1) is 5.82 Å². The van der Waals surface area contributed by atoms with E-state index >= 15 is 0 Å². The lowest BCUT2D eigenvalue weighted by molar-refractivity contribution is 0.101. The first-order valence-corrected chi connectivity index (χ1v) is 6.46. The molecule has 0 amide bonds. The van der Waals surface area contributed by atoms with Gasteiger partial charge in [-0.3, -0.25) is 4.79 Å². The molecule has 0 heterocycles. The van der Waals surface area contributed by atoms with Crippen molar-refractivity contribution in [3.05, 3.63) is 29.6 Å². The van der Waals surface area contributed by atoms with Gasteiger partial charge in [-0.25, -0.2) is 4.39 Å². The number of nitrogens with zero attached hydrogens (tertiary/aromatic N) is 1. The Labute approximate surface area is 99.8 Å². The minimum absolute atomic E-state index is 0.106. The molecule has 1 rings (SSSR count). The summed E-state index contributed by atoms with van der Waals surface area (Å²) >= 11 is 1.74. The first kappa shape index (κ1) is 13.0. The van der Waals surface area contributed by atoms with Crippen molar-refractivity contribution in [1.29, 1.82) is 0 Å². The van der Waals surface area contributed by atoms with Crippen LogP contribution in [0.3, 0.4) is 0 Å². The summed E-state index contributed by atoms with van der Waals surface area (Å²) in [6.45, 7) is 2.30. The van der Waals surface area contributed by atoms with Crippen LogP contribution in [0.1, 0.15) is 17.3 Å². The van der Waals surface area contributed by atoms with E-state index in [1.165, 1.54) is 19.1 Å². The molecule has 0 radical (unpaired) electrons. The van der Waals surface area contributed by atoms with Gasteiger partial charge in [-0.15, -0.1) is 0 Å². The number of halogens is 1. The molecule has 1 aromatic rings. The number of carbonyl (C=O) groups is 1. The lowest BCUT2D eigenvalue weighted by Crippen LogP contribution is -2.22. The standard InChI is InChI=1S/C12H16FNOS/c1-9(15)11-8-10(13)4-5-12(11)14(2)6-7-16-3/h4-5,8H,6-7H2,1-3H3. The number of carbonyl (C=O) groups excluding carboxylic acids is 1. The van der Waals surface area contributed by atoms with E-state index in [4.69, 9.17) is 0 Å². The van der Waals surface area contributed by atoms with Crippen LogP contribution < -0.4 is 4.90 Å². The Morgan fingerprint density at radius 3 is 2.75 bits per heavy atom. The van der Waals surface area contributed by atoms with Gasteiger partial charge in [0, 0.05) is 30.6 Å². The summed E-state index contributed by atoms with van der Waals surface area (Å²) in [5.74, 6) is 0.503.